The van der Waals surface area contributed by atoms with Gasteiger partial charge in [-0.3, -0.25) is 9.29 Å². The largest absolute Gasteiger partial charge is 0.508 e. The minimum absolute atomic E-state index is 0.196. The second-order valence-corrected chi connectivity index (χ2v) is 9.44. The smallest absolute Gasteiger partial charge is 0.119 e. The molecule has 0 bridgehead atoms. The van der Waals surface area contributed by atoms with Crippen LogP contribution in [0.1, 0.15) is 46.9 Å². The summed E-state index contributed by atoms with van der Waals surface area (Å²) in [6, 6.07) is 25.1. The van der Waals surface area contributed by atoms with Crippen molar-refractivity contribution in [3.8, 4) is 11.5 Å². The number of alkyl halides is 1. The molecule has 1 saturated heterocycles. The van der Waals surface area contributed by atoms with E-state index in [1.54, 1.807) is 0 Å². The van der Waals surface area contributed by atoms with Gasteiger partial charge in [0.05, 0.1) is 6.67 Å². The molecule has 0 radical (unpaired) electrons. The molecule has 4 heteroatoms. The normalized spacial score (nSPS) is 22.8. The van der Waals surface area contributed by atoms with Crippen LogP contribution >= 0.6 is 0 Å². The van der Waals surface area contributed by atoms with Crippen LogP contribution in [0.25, 0.3) is 0 Å². The number of phenolic OH excluding ortho intramolecular Hbond substituents is 1. The second kappa shape index (κ2) is 9.96. The number of phenols is 1. The van der Waals surface area contributed by atoms with Crippen LogP contribution in [0.5, 0.6) is 11.5 Å². The van der Waals surface area contributed by atoms with E-state index in [1.807, 2.05) is 12.1 Å². The zero-order valence-electron chi connectivity index (χ0n) is 19.0. The molecule has 0 amide bonds. The summed E-state index contributed by atoms with van der Waals surface area (Å²) in [7, 11) is 0. The zero-order valence-corrected chi connectivity index (χ0v) is 19.0. The van der Waals surface area contributed by atoms with Crippen LogP contribution in [-0.4, -0.2) is 42.9 Å². The van der Waals surface area contributed by atoms with Gasteiger partial charge >= 0.3 is 0 Å². The van der Waals surface area contributed by atoms with Crippen molar-refractivity contribution in [2.24, 2.45) is 5.92 Å². The Morgan fingerprint density at radius 2 is 1.76 bits per heavy atom. The van der Waals surface area contributed by atoms with Crippen molar-refractivity contribution in [1.29, 1.82) is 0 Å². The minimum Gasteiger partial charge on any atom is -0.508 e. The molecule has 1 aliphatic heterocycles. The predicted molar refractivity (Wildman–Crippen MR) is 130 cm³/mol. The molecule has 0 unspecified atom stereocenters. The summed E-state index contributed by atoms with van der Waals surface area (Å²) in [5, 5.41) is 10.0. The van der Waals surface area contributed by atoms with Gasteiger partial charge in [0, 0.05) is 24.9 Å². The number of fused-ring (bicyclic) bond motifs is 1. The first kappa shape index (κ1) is 22.0. The molecule has 3 nitrogen and oxygen atoms in total. The number of aromatic hydroxyl groups is 1. The zero-order chi connectivity index (χ0) is 22.6. The summed E-state index contributed by atoms with van der Waals surface area (Å²) < 4.78 is 18.8. The molecule has 5 rings (SSSR count). The number of hydrogen-bond donors (Lipinski definition) is 1. The van der Waals surface area contributed by atoms with Gasteiger partial charge in [-0.05, 0) is 78.2 Å². The van der Waals surface area contributed by atoms with Crippen molar-refractivity contribution in [2.45, 2.75) is 31.1 Å². The number of nitrogens with zero attached hydrogens (tertiary/aromatic N) is 1. The van der Waals surface area contributed by atoms with Gasteiger partial charge in [0.15, 0.2) is 0 Å². The Morgan fingerprint density at radius 1 is 0.939 bits per heavy atom. The highest BCUT2D eigenvalue weighted by Gasteiger charge is 2.32. The van der Waals surface area contributed by atoms with Crippen molar-refractivity contribution in [3.05, 3.63) is 95.1 Å². The molecule has 1 heterocycles. The molecule has 0 spiro atoms. The minimum atomic E-state index is -0.216. The van der Waals surface area contributed by atoms with Crippen LogP contribution < -0.4 is 4.74 Å². The monoisotopic (exact) mass is 445 g/mol. The number of halogens is 1. The average Bonchev–Trinajstić information content (AvgIpc) is 3.32. The maximum atomic E-state index is 12.8. The van der Waals surface area contributed by atoms with E-state index in [2.05, 4.69) is 65.6 Å². The molecular formula is C29H32FNO2. The van der Waals surface area contributed by atoms with Crippen LogP contribution in [0.15, 0.2) is 72.8 Å². The van der Waals surface area contributed by atoms with Crippen molar-refractivity contribution in [1.82, 2.24) is 4.90 Å². The highest BCUT2D eigenvalue weighted by Crippen LogP contribution is 2.47. The van der Waals surface area contributed by atoms with Crippen LogP contribution in [0.4, 0.5) is 4.39 Å². The van der Waals surface area contributed by atoms with E-state index >= 15 is 0 Å². The van der Waals surface area contributed by atoms with Gasteiger partial charge in [-0.2, -0.15) is 0 Å². The predicted octanol–water partition coefficient (Wildman–Crippen LogP) is 5.92. The molecule has 172 valence electrons. The Morgan fingerprint density at radius 3 is 2.52 bits per heavy atom. The molecule has 3 atom stereocenters. The molecular weight excluding hydrogens is 413 g/mol. The lowest BCUT2D eigenvalue weighted by Gasteiger charge is -2.35. The van der Waals surface area contributed by atoms with Gasteiger partial charge in [0.1, 0.15) is 18.1 Å². The van der Waals surface area contributed by atoms with Gasteiger partial charge in [-0.15, -0.1) is 0 Å². The fourth-order valence-corrected chi connectivity index (χ4v) is 5.58. The molecule has 2 aliphatic rings. The lowest BCUT2D eigenvalue weighted by Crippen LogP contribution is -2.26. The third-order valence-corrected chi connectivity index (χ3v) is 7.32. The Bertz CT molecular complexity index is 1050. The first-order chi connectivity index (χ1) is 16.2. The number of likely N-dealkylation sites (tertiary alicyclic amines) is 1. The van der Waals surface area contributed by atoms with E-state index in [0.717, 1.165) is 44.6 Å². The summed E-state index contributed by atoms with van der Waals surface area (Å²) in [5.74, 6) is 2.05. The van der Waals surface area contributed by atoms with Gasteiger partial charge in [-0.1, -0.05) is 48.5 Å². The maximum Gasteiger partial charge on any atom is 0.119 e. The summed E-state index contributed by atoms with van der Waals surface area (Å²) in [6.07, 6.45) is 2.98. The van der Waals surface area contributed by atoms with Gasteiger partial charge in [0.2, 0.25) is 0 Å². The van der Waals surface area contributed by atoms with Gasteiger partial charge < -0.3 is 9.84 Å². The van der Waals surface area contributed by atoms with E-state index in [4.69, 9.17) is 4.74 Å². The number of aryl methyl sites for hydroxylation is 1. The summed E-state index contributed by atoms with van der Waals surface area (Å²) in [6.45, 7) is 3.06. The summed E-state index contributed by atoms with van der Waals surface area (Å²) in [5.41, 5.74) is 5.18. The molecule has 0 saturated carbocycles. The standard InChI is InChI=1S/C29H32FNO2/c30-19-21-14-15-31(20-21)16-17-33-26-10-6-23(7-11-26)29-27(22-4-2-1-3-5-22)12-8-24-18-25(32)9-13-28(24)29/h1-7,9-11,13,18,21,27,29,32H,8,12,14-17,19-20H2/t21-,27+,29-/m1/s1. The molecule has 33 heavy (non-hydrogen) atoms. The second-order valence-electron chi connectivity index (χ2n) is 9.44. The number of ether oxygens (including phenoxy) is 1. The van der Waals surface area contributed by atoms with Crippen molar-refractivity contribution < 1.29 is 14.2 Å². The van der Waals surface area contributed by atoms with E-state index in [1.165, 1.54) is 22.3 Å². The van der Waals surface area contributed by atoms with E-state index in [-0.39, 0.29) is 18.5 Å². The van der Waals surface area contributed by atoms with Crippen molar-refractivity contribution >= 4 is 0 Å². The van der Waals surface area contributed by atoms with Crippen LogP contribution in [0, 0.1) is 5.92 Å². The lowest BCUT2D eigenvalue weighted by atomic mass is 9.69. The van der Waals surface area contributed by atoms with Gasteiger partial charge in [0.25, 0.3) is 0 Å². The maximum absolute atomic E-state index is 12.8. The van der Waals surface area contributed by atoms with Crippen LogP contribution in [0.2, 0.25) is 0 Å². The molecule has 1 aliphatic carbocycles. The third-order valence-electron chi connectivity index (χ3n) is 7.32. The quantitative estimate of drug-likeness (QED) is 0.490. The Hall–Kier alpha value is -2.85. The van der Waals surface area contributed by atoms with Crippen molar-refractivity contribution in [3.63, 3.8) is 0 Å². The third kappa shape index (κ3) is 4.91. The number of rotatable bonds is 7. The van der Waals surface area contributed by atoms with Crippen molar-refractivity contribution in [2.75, 3.05) is 32.9 Å². The lowest BCUT2D eigenvalue weighted by molar-refractivity contribution is 0.228. The average molecular weight is 446 g/mol. The highest BCUT2D eigenvalue weighted by molar-refractivity contribution is 5.48. The topological polar surface area (TPSA) is 32.7 Å². The first-order valence-corrected chi connectivity index (χ1v) is 12.1. The number of hydrogen-bond acceptors (Lipinski definition) is 3. The van der Waals surface area contributed by atoms with Gasteiger partial charge in [-0.25, -0.2) is 0 Å². The molecule has 1 fully saturated rings. The van der Waals surface area contributed by atoms with E-state index in [0.29, 0.717) is 18.3 Å². The summed E-state index contributed by atoms with van der Waals surface area (Å²) >= 11 is 0. The molecule has 3 aromatic rings. The van der Waals surface area contributed by atoms with E-state index in [9.17, 15) is 9.50 Å². The summed E-state index contributed by atoms with van der Waals surface area (Å²) in [4.78, 5) is 2.29. The Labute approximate surface area is 195 Å². The first-order valence-electron chi connectivity index (χ1n) is 12.1. The fraction of sp³-hybridized carbons (Fsp3) is 0.379. The number of benzene rings is 3. The van der Waals surface area contributed by atoms with E-state index < -0.39 is 0 Å². The van der Waals surface area contributed by atoms with Crippen LogP contribution in [-0.2, 0) is 6.42 Å². The highest BCUT2D eigenvalue weighted by atomic mass is 19.1. The Kier molecular flexibility index (Phi) is 6.63. The SMILES string of the molecule is Oc1ccc2c(c1)CC[C@@H](c1ccccc1)[C@H]2c1ccc(OCCN2CC[C@H](CF)C2)cc1. The van der Waals surface area contributed by atoms with Crippen LogP contribution in [0.3, 0.4) is 0 Å². The molecule has 0 aromatic heterocycles. The molecule has 1 N–H and O–H groups in total. The Balaban J connectivity index is 1.32. The molecule has 3 aromatic carbocycles. The fourth-order valence-electron chi connectivity index (χ4n) is 5.58.